The van der Waals surface area contributed by atoms with Crippen molar-refractivity contribution in [3.05, 3.63) is 35.4 Å². The number of amides is 2. The van der Waals surface area contributed by atoms with Crippen molar-refractivity contribution in [3.8, 4) is 0 Å². The average Bonchev–Trinajstić information content (AvgIpc) is 2.71. The van der Waals surface area contributed by atoms with Gasteiger partial charge in [0.1, 0.15) is 0 Å². The predicted molar refractivity (Wildman–Crippen MR) is 102 cm³/mol. The molecule has 0 spiro atoms. The van der Waals surface area contributed by atoms with Crippen molar-refractivity contribution in [2.24, 2.45) is 0 Å². The molecule has 1 atom stereocenters. The minimum Gasteiger partial charge on any atom is -0.469 e. The number of carbonyl (C=O) groups is 3. The molecule has 0 bridgehead atoms. The van der Waals surface area contributed by atoms with E-state index >= 15 is 0 Å². The predicted octanol–water partition coefficient (Wildman–Crippen LogP) is 1.07. The number of piperazine rings is 1. The number of hydrogen-bond acceptors (Lipinski definition) is 5. The molecule has 2 rings (SSSR count). The molecule has 1 fully saturated rings. The van der Waals surface area contributed by atoms with Gasteiger partial charge in [-0.3, -0.25) is 19.3 Å². The lowest BCUT2D eigenvalue weighted by atomic mass is 10.1. The monoisotopic (exact) mass is 375 g/mol. The van der Waals surface area contributed by atoms with E-state index in [0.717, 1.165) is 18.7 Å². The maximum absolute atomic E-state index is 12.5. The number of benzene rings is 1. The lowest BCUT2D eigenvalue weighted by Gasteiger charge is -2.37. The smallest absolute Gasteiger partial charge is 0.307 e. The SMILES string of the molecule is CNC(=O)c1cccc(CCC(=O)N2CCN([C@H](C)CC(=O)OC)CC2)c1. The lowest BCUT2D eigenvalue weighted by molar-refractivity contribution is -0.142. The molecule has 0 radical (unpaired) electrons. The summed E-state index contributed by atoms with van der Waals surface area (Å²) in [5.41, 5.74) is 1.59. The number of ether oxygens (including phenoxy) is 1. The zero-order chi connectivity index (χ0) is 19.8. The highest BCUT2D eigenvalue weighted by molar-refractivity contribution is 5.94. The van der Waals surface area contributed by atoms with Gasteiger partial charge in [0.25, 0.3) is 5.91 Å². The largest absolute Gasteiger partial charge is 0.469 e. The summed E-state index contributed by atoms with van der Waals surface area (Å²) in [7, 11) is 3.00. The van der Waals surface area contributed by atoms with E-state index in [1.165, 1.54) is 7.11 Å². The van der Waals surface area contributed by atoms with E-state index in [2.05, 4.69) is 10.2 Å². The Morgan fingerprint density at radius 1 is 1.19 bits per heavy atom. The van der Waals surface area contributed by atoms with Crippen LogP contribution in [0.1, 0.15) is 35.7 Å². The molecule has 1 aliphatic heterocycles. The van der Waals surface area contributed by atoms with Crippen LogP contribution in [0.5, 0.6) is 0 Å². The van der Waals surface area contributed by atoms with E-state index in [-0.39, 0.29) is 23.8 Å². The van der Waals surface area contributed by atoms with Crippen LogP contribution in [-0.2, 0) is 20.7 Å². The molecule has 1 aromatic carbocycles. The van der Waals surface area contributed by atoms with Crippen LogP contribution in [-0.4, -0.2) is 74.0 Å². The number of esters is 1. The summed E-state index contributed by atoms with van der Waals surface area (Å²) in [5.74, 6) is -0.207. The molecular formula is C20H29N3O4. The lowest BCUT2D eigenvalue weighted by Crippen LogP contribution is -2.51. The molecule has 7 heteroatoms. The summed E-state index contributed by atoms with van der Waals surface area (Å²) in [6, 6.07) is 7.48. The average molecular weight is 375 g/mol. The van der Waals surface area contributed by atoms with E-state index in [0.29, 0.717) is 37.9 Å². The molecule has 7 nitrogen and oxygen atoms in total. The van der Waals surface area contributed by atoms with Gasteiger partial charge in [-0.1, -0.05) is 12.1 Å². The van der Waals surface area contributed by atoms with Gasteiger partial charge in [-0.2, -0.15) is 0 Å². The molecule has 1 aromatic rings. The molecule has 0 aromatic heterocycles. The summed E-state index contributed by atoms with van der Waals surface area (Å²) in [6.07, 6.45) is 1.41. The first-order chi connectivity index (χ1) is 12.9. The summed E-state index contributed by atoms with van der Waals surface area (Å²) in [4.78, 5) is 39.7. The maximum atomic E-state index is 12.5. The topological polar surface area (TPSA) is 79.0 Å². The van der Waals surface area contributed by atoms with Gasteiger partial charge in [0.15, 0.2) is 0 Å². The number of nitrogens with one attached hydrogen (secondary N) is 1. The summed E-state index contributed by atoms with van der Waals surface area (Å²) < 4.78 is 4.72. The molecule has 0 aliphatic carbocycles. The second-order valence-corrected chi connectivity index (χ2v) is 6.83. The van der Waals surface area contributed by atoms with Crippen molar-refractivity contribution in [1.82, 2.24) is 15.1 Å². The minimum absolute atomic E-state index is 0.113. The highest BCUT2D eigenvalue weighted by Gasteiger charge is 2.25. The fraction of sp³-hybridized carbons (Fsp3) is 0.550. The van der Waals surface area contributed by atoms with Crippen LogP contribution in [0.3, 0.4) is 0 Å². The molecule has 1 saturated heterocycles. The van der Waals surface area contributed by atoms with E-state index in [1.54, 1.807) is 13.1 Å². The molecule has 27 heavy (non-hydrogen) atoms. The number of hydrogen-bond donors (Lipinski definition) is 1. The Morgan fingerprint density at radius 2 is 1.89 bits per heavy atom. The molecular weight excluding hydrogens is 346 g/mol. The molecule has 148 valence electrons. The normalized spacial score (nSPS) is 15.9. The highest BCUT2D eigenvalue weighted by atomic mass is 16.5. The van der Waals surface area contributed by atoms with Crippen LogP contribution < -0.4 is 5.32 Å². The Balaban J connectivity index is 1.79. The van der Waals surface area contributed by atoms with Crippen molar-refractivity contribution in [1.29, 1.82) is 0 Å². The Morgan fingerprint density at radius 3 is 2.52 bits per heavy atom. The highest BCUT2D eigenvalue weighted by Crippen LogP contribution is 2.13. The fourth-order valence-corrected chi connectivity index (χ4v) is 3.29. The zero-order valence-corrected chi connectivity index (χ0v) is 16.4. The van der Waals surface area contributed by atoms with Gasteiger partial charge >= 0.3 is 5.97 Å². The van der Waals surface area contributed by atoms with Crippen molar-refractivity contribution >= 4 is 17.8 Å². The molecule has 1 heterocycles. The number of methoxy groups -OCH3 is 1. The third-order valence-electron chi connectivity index (χ3n) is 5.02. The Bertz CT molecular complexity index is 669. The molecule has 1 N–H and O–H groups in total. The standard InChI is InChI=1S/C20H29N3O4/c1-15(13-19(25)27-3)22-9-11-23(12-10-22)18(24)8-7-16-5-4-6-17(14-16)20(26)21-2/h4-6,14-15H,7-13H2,1-3H3,(H,21,26)/t15-/m1/s1. The first-order valence-corrected chi connectivity index (χ1v) is 9.34. The number of aryl methyl sites for hydroxylation is 1. The number of nitrogens with zero attached hydrogens (tertiary/aromatic N) is 2. The van der Waals surface area contributed by atoms with Crippen LogP contribution in [0, 0.1) is 0 Å². The second kappa shape index (κ2) is 10.1. The van der Waals surface area contributed by atoms with Crippen LogP contribution >= 0.6 is 0 Å². The van der Waals surface area contributed by atoms with Gasteiger partial charge in [-0.25, -0.2) is 0 Å². The quantitative estimate of drug-likeness (QED) is 0.722. The number of rotatable bonds is 7. The van der Waals surface area contributed by atoms with E-state index < -0.39 is 0 Å². The zero-order valence-electron chi connectivity index (χ0n) is 16.4. The van der Waals surface area contributed by atoms with Crippen LogP contribution in [0.25, 0.3) is 0 Å². The van der Waals surface area contributed by atoms with E-state index in [4.69, 9.17) is 4.74 Å². The van der Waals surface area contributed by atoms with Crippen LogP contribution in [0.2, 0.25) is 0 Å². The fourth-order valence-electron chi connectivity index (χ4n) is 3.29. The molecule has 0 unspecified atom stereocenters. The van der Waals surface area contributed by atoms with Gasteiger partial charge in [0.2, 0.25) is 5.91 Å². The Labute approximate surface area is 160 Å². The molecule has 0 saturated carbocycles. The van der Waals surface area contributed by atoms with Gasteiger partial charge in [0, 0.05) is 51.3 Å². The minimum atomic E-state index is -0.208. The first kappa shape index (κ1) is 20.9. The third kappa shape index (κ3) is 6.06. The third-order valence-corrected chi connectivity index (χ3v) is 5.02. The van der Waals surface area contributed by atoms with Crippen molar-refractivity contribution < 1.29 is 19.1 Å². The van der Waals surface area contributed by atoms with Gasteiger partial charge < -0.3 is 15.0 Å². The summed E-state index contributed by atoms with van der Waals surface area (Å²) >= 11 is 0. The van der Waals surface area contributed by atoms with Crippen molar-refractivity contribution in [2.45, 2.75) is 32.2 Å². The van der Waals surface area contributed by atoms with Gasteiger partial charge in [-0.05, 0) is 31.0 Å². The first-order valence-electron chi connectivity index (χ1n) is 9.34. The van der Waals surface area contributed by atoms with Crippen LogP contribution in [0.15, 0.2) is 24.3 Å². The van der Waals surface area contributed by atoms with Gasteiger partial charge in [0.05, 0.1) is 13.5 Å². The second-order valence-electron chi connectivity index (χ2n) is 6.83. The molecule has 2 amide bonds. The van der Waals surface area contributed by atoms with E-state index in [9.17, 15) is 14.4 Å². The number of carbonyl (C=O) groups excluding carboxylic acids is 3. The maximum Gasteiger partial charge on any atom is 0.307 e. The summed E-state index contributed by atoms with van der Waals surface area (Å²) in [6.45, 7) is 4.87. The molecule has 1 aliphatic rings. The Hall–Kier alpha value is -2.41. The van der Waals surface area contributed by atoms with Crippen molar-refractivity contribution in [3.63, 3.8) is 0 Å². The Kier molecular flexibility index (Phi) is 7.79. The van der Waals surface area contributed by atoms with Crippen molar-refractivity contribution in [2.75, 3.05) is 40.3 Å². The van der Waals surface area contributed by atoms with Crippen LogP contribution in [0.4, 0.5) is 0 Å². The van der Waals surface area contributed by atoms with Gasteiger partial charge in [-0.15, -0.1) is 0 Å². The summed E-state index contributed by atoms with van der Waals surface area (Å²) in [5, 5.41) is 2.61. The van der Waals surface area contributed by atoms with E-state index in [1.807, 2.05) is 30.0 Å².